The summed E-state index contributed by atoms with van der Waals surface area (Å²) in [5.74, 6) is 0.395. The molecule has 0 fully saturated rings. The molecule has 14 heavy (non-hydrogen) atoms. The minimum Gasteiger partial charge on any atom is -0.507 e. The van der Waals surface area contributed by atoms with E-state index in [4.69, 9.17) is 4.74 Å². The Hall–Kier alpha value is -1.02. The molecule has 0 aliphatic rings. The zero-order valence-electron chi connectivity index (χ0n) is 9.13. The van der Waals surface area contributed by atoms with Gasteiger partial charge < -0.3 is 9.84 Å². The highest BCUT2D eigenvalue weighted by Gasteiger charge is 2.07. The second-order valence-corrected chi connectivity index (χ2v) is 3.40. The lowest BCUT2D eigenvalue weighted by Gasteiger charge is -2.10. The number of hydrogen-bond acceptors (Lipinski definition) is 2. The molecule has 78 valence electrons. The van der Waals surface area contributed by atoms with E-state index in [0.717, 1.165) is 24.0 Å². The summed E-state index contributed by atoms with van der Waals surface area (Å²) >= 11 is 0. The second-order valence-electron chi connectivity index (χ2n) is 3.40. The van der Waals surface area contributed by atoms with Crippen LogP contribution in [0.5, 0.6) is 5.75 Å². The molecule has 0 aromatic heterocycles. The van der Waals surface area contributed by atoms with Crippen LogP contribution in [0.2, 0.25) is 0 Å². The van der Waals surface area contributed by atoms with E-state index < -0.39 is 0 Å². The summed E-state index contributed by atoms with van der Waals surface area (Å²) in [5, 5.41) is 9.86. The van der Waals surface area contributed by atoms with Crippen LogP contribution in [0.3, 0.4) is 0 Å². The van der Waals surface area contributed by atoms with Crippen molar-refractivity contribution in [3.05, 3.63) is 28.8 Å². The smallest absolute Gasteiger partial charge is 0.124 e. The van der Waals surface area contributed by atoms with Gasteiger partial charge in [-0.1, -0.05) is 19.9 Å². The molecule has 1 rings (SSSR count). The topological polar surface area (TPSA) is 29.5 Å². The van der Waals surface area contributed by atoms with Gasteiger partial charge in [0.1, 0.15) is 5.75 Å². The highest BCUT2D eigenvalue weighted by molar-refractivity contribution is 5.43. The van der Waals surface area contributed by atoms with Crippen molar-refractivity contribution in [1.29, 1.82) is 0 Å². The van der Waals surface area contributed by atoms with E-state index in [0.29, 0.717) is 12.4 Å². The monoisotopic (exact) mass is 194 g/mol. The lowest BCUT2D eigenvalue weighted by atomic mass is 10.0. The van der Waals surface area contributed by atoms with E-state index >= 15 is 0 Å². The largest absolute Gasteiger partial charge is 0.507 e. The predicted octanol–water partition coefficient (Wildman–Crippen LogP) is 2.66. The van der Waals surface area contributed by atoms with Gasteiger partial charge in [0, 0.05) is 12.7 Å². The van der Waals surface area contributed by atoms with Gasteiger partial charge in [-0.3, -0.25) is 0 Å². The van der Waals surface area contributed by atoms with Crippen molar-refractivity contribution in [2.75, 3.05) is 7.11 Å². The van der Waals surface area contributed by atoms with Crippen LogP contribution in [-0.4, -0.2) is 12.2 Å². The van der Waals surface area contributed by atoms with Crippen molar-refractivity contribution in [3.63, 3.8) is 0 Å². The van der Waals surface area contributed by atoms with Crippen LogP contribution in [-0.2, 0) is 24.2 Å². The minimum absolute atomic E-state index is 0.395. The molecule has 1 aromatic rings. The van der Waals surface area contributed by atoms with Crippen molar-refractivity contribution in [3.8, 4) is 5.75 Å². The van der Waals surface area contributed by atoms with Gasteiger partial charge in [0.15, 0.2) is 0 Å². The van der Waals surface area contributed by atoms with Crippen LogP contribution >= 0.6 is 0 Å². The minimum atomic E-state index is 0.395. The number of methoxy groups -OCH3 is 1. The molecule has 2 heteroatoms. The van der Waals surface area contributed by atoms with E-state index in [9.17, 15) is 5.11 Å². The van der Waals surface area contributed by atoms with Crippen LogP contribution in [0.25, 0.3) is 0 Å². The van der Waals surface area contributed by atoms with Gasteiger partial charge in [0.05, 0.1) is 6.61 Å². The van der Waals surface area contributed by atoms with Crippen molar-refractivity contribution < 1.29 is 9.84 Å². The number of ether oxygens (including phenoxy) is 1. The molecule has 0 atom stereocenters. The molecular formula is C12H18O2. The third-order valence-corrected chi connectivity index (χ3v) is 2.42. The first-order chi connectivity index (χ1) is 6.72. The van der Waals surface area contributed by atoms with Gasteiger partial charge in [0.2, 0.25) is 0 Å². The Labute approximate surface area is 85.5 Å². The van der Waals surface area contributed by atoms with Crippen molar-refractivity contribution in [1.82, 2.24) is 0 Å². The highest BCUT2D eigenvalue weighted by atomic mass is 16.5. The van der Waals surface area contributed by atoms with Gasteiger partial charge in [-0.25, -0.2) is 0 Å². The maximum atomic E-state index is 9.86. The van der Waals surface area contributed by atoms with Gasteiger partial charge in [-0.15, -0.1) is 0 Å². The average Bonchev–Trinajstić information content (AvgIpc) is 2.21. The van der Waals surface area contributed by atoms with Gasteiger partial charge >= 0.3 is 0 Å². The Bertz CT molecular complexity index is 305. The lowest BCUT2D eigenvalue weighted by molar-refractivity contribution is 0.182. The fourth-order valence-electron chi connectivity index (χ4n) is 1.57. The maximum Gasteiger partial charge on any atom is 0.124 e. The predicted molar refractivity (Wildman–Crippen MR) is 57.6 cm³/mol. The SMILES string of the molecule is CCc1cc(CC)c(O)c(COC)c1. The Morgan fingerprint density at radius 2 is 1.79 bits per heavy atom. The van der Waals surface area contributed by atoms with E-state index in [2.05, 4.69) is 13.0 Å². The molecule has 1 aromatic carbocycles. The summed E-state index contributed by atoms with van der Waals surface area (Å²) < 4.78 is 5.05. The summed E-state index contributed by atoms with van der Waals surface area (Å²) in [6, 6.07) is 4.08. The van der Waals surface area contributed by atoms with E-state index in [-0.39, 0.29) is 0 Å². The summed E-state index contributed by atoms with van der Waals surface area (Å²) in [6.45, 7) is 4.64. The molecule has 2 nitrogen and oxygen atoms in total. The molecule has 0 aliphatic heterocycles. The molecule has 0 saturated heterocycles. The van der Waals surface area contributed by atoms with E-state index in [1.807, 2.05) is 13.0 Å². The molecule has 0 radical (unpaired) electrons. The van der Waals surface area contributed by atoms with E-state index in [1.54, 1.807) is 7.11 Å². The van der Waals surface area contributed by atoms with Crippen molar-refractivity contribution >= 4 is 0 Å². The molecule has 0 saturated carbocycles. The number of phenols is 1. The summed E-state index contributed by atoms with van der Waals surface area (Å²) in [4.78, 5) is 0. The third-order valence-electron chi connectivity index (χ3n) is 2.42. The molecule has 0 bridgehead atoms. The highest BCUT2D eigenvalue weighted by Crippen LogP contribution is 2.26. The number of phenolic OH excluding ortho intramolecular Hbond substituents is 1. The lowest BCUT2D eigenvalue weighted by Crippen LogP contribution is -1.95. The number of hydrogen-bond donors (Lipinski definition) is 1. The Morgan fingerprint density at radius 1 is 1.14 bits per heavy atom. The van der Waals surface area contributed by atoms with Crippen LogP contribution in [0.1, 0.15) is 30.5 Å². The Balaban J connectivity index is 3.12. The first-order valence-corrected chi connectivity index (χ1v) is 5.05. The van der Waals surface area contributed by atoms with Gasteiger partial charge in [-0.2, -0.15) is 0 Å². The molecule has 0 spiro atoms. The Kier molecular flexibility index (Phi) is 3.96. The zero-order valence-corrected chi connectivity index (χ0v) is 9.13. The van der Waals surface area contributed by atoms with Crippen molar-refractivity contribution in [2.45, 2.75) is 33.3 Å². The zero-order chi connectivity index (χ0) is 10.6. The van der Waals surface area contributed by atoms with Crippen LogP contribution in [0, 0.1) is 0 Å². The number of aromatic hydroxyl groups is 1. The fourth-order valence-corrected chi connectivity index (χ4v) is 1.57. The van der Waals surface area contributed by atoms with Crippen molar-refractivity contribution in [2.24, 2.45) is 0 Å². The normalized spacial score (nSPS) is 10.5. The molecule has 0 unspecified atom stereocenters. The van der Waals surface area contributed by atoms with Crippen LogP contribution < -0.4 is 0 Å². The number of rotatable bonds is 4. The Morgan fingerprint density at radius 3 is 2.29 bits per heavy atom. The van der Waals surface area contributed by atoms with E-state index in [1.165, 1.54) is 5.56 Å². The summed E-state index contributed by atoms with van der Waals surface area (Å²) in [7, 11) is 1.64. The van der Waals surface area contributed by atoms with Crippen LogP contribution in [0.4, 0.5) is 0 Å². The fraction of sp³-hybridized carbons (Fsp3) is 0.500. The summed E-state index contributed by atoms with van der Waals surface area (Å²) in [6.07, 6.45) is 1.85. The third kappa shape index (κ3) is 2.26. The van der Waals surface area contributed by atoms with Gasteiger partial charge in [-0.05, 0) is 30.0 Å². The maximum absolute atomic E-state index is 9.86. The number of aryl methyl sites for hydroxylation is 2. The molecule has 0 heterocycles. The summed E-state index contributed by atoms with van der Waals surface area (Å²) in [5.41, 5.74) is 3.16. The molecular weight excluding hydrogens is 176 g/mol. The quantitative estimate of drug-likeness (QED) is 0.798. The molecule has 0 amide bonds. The first kappa shape index (κ1) is 11.1. The standard InChI is InChI=1S/C12H18O2/c1-4-9-6-10(5-2)12(13)11(7-9)8-14-3/h6-7,13H,4-5,8H2,1-3H3. The van der Waals surface area contributed by atoms with Gasteiger partial charge in [0.25, 0.3) is 0 Å². The molecule has 1 N–H and O–H groups in total. The molecule has 0 aliphatic carbocycles. The second kappa shape index (κ2) is 5.01. The average molecular weight is 194 g/mol. The first-order valence-electron chi connectivity index (χ1n) is 5.05. The van der Waals surface area contributed by atoms with Crippen LogP contribution in [0.15, 0.2) is 12.1 Å². The number of benzene rings is 1.